The van der Waals surface area contributed by atoms with Crippen molar-refractivity contribution in [1.82, 2.24) is 5.32 Å². The lowest BCUT2D eigenvalue weighted by Crippen LogP contribution is -2.28. The zero-order chi connectivity index (χ0) is 20.7. The molecule has 2 aromatic carbocycles. The third-order valence-electron chi connectivity index (χ3n) is 4.58. The van der Waals surface area contributed by atoms with Gasteiger partial charge in [-0.05, 0) is 61.4 Å². The molecule has 1 N–H and O–H groups in total. The molecule has 0 unspecified atom stereocenters. The lowest BCUT2D eigenvalue weighted by Gasteiger charge is -2.22. The van der Waals surface area contributed by atoms with Crippen LogP contribution in [0.4, 0.5) is 5.69 Å². The van der Waals surface area contributed by atoms with Crippen LogP contribution in [-0.2, 0) is 10.0 Å². The number of methoxy groups -OCH3 is 1. The molecule has 0 aliphatic carbocycles. The largest absolute Gasteiger partial charge is 0.497 e. The first-order valence-electron chi connectivity index (χ1n) is 9.33. The Kier molecular flexibility index (Phi) is 7.45. The summed E-state index contributed by atoms with van der Waals surface area (Å²) in [6, 6.07) is 11.3. The molecule has 0 saturated heterocycles. The molecular weight excluding hydrogens is 376 g/mol. The van der Waals surface area contributed by atoms with Gasteiger partial charge < -0.3 is 10.1 Å². The van der Waals surface area contributed by atoms with E-state index >= 15 is 0 Å². The fourth-order valence-corrected chi connectivity index (χ4v) is 4.12. The first-order chi connectivity index (χ1) is 13.3. The Morgan fingerprint density at radius 3 is 2.36 bits per heavy atom. The van der Waals surface area contributed by atoms with E-state index in [1.807, 2.05) is 0 Å². The number of hydrogen-bond donors (Lipinski definition) is 1. The SMILES string of the molecule is CCCCCNC(=O)c1ccc(N(C)S(=O)(=O)c2ccc(OC)cc2)c(C)c1. The molecule has 0 fully saturated rings. The Labute approximate surface area is 167 Å². The zero-order valence-corrected chi connectivity index (χ0v) is 17.7. The number of benzene rings is 2. The summed E-state index contributed by atoms with van der Waals surface area (Å²) in [6.07, 6.45) is 3.12. The number of amides is 1. The summed E-state index contributed by atoms with van der Waals surface area (Å²) in [5.74, 6) is 0.443. The minimum absolute atomic E-state index is 0.147. The first-order valence-corrected chi connectivity index (χ1v) is 10.8. The lowest BCUT2D eigenvalue weighted by atomic mass is 10.1. The average molecular weight is 405 g/mol. The number of unbranched alkanes of at least 4 members (excludes halogenated alkanes) is 2. The Balaban J connectivity index is 2.18. The Morgan fingerprint density at radius 2 is 1.79 bits per heavy atom. The summed E-state index contributed by atoms with van der Waals surface area (Å²) >= 11 is 0. The number of sulfonamides is 1. The minimum Gasteiger partial charge on any atom is -0.497 e. The molecule has 28 heavy (non-hydrogen) atoms. The highest BCUT2D eigenvalue weighted by atomic mass is 32.2. The molecule has 1 amide bonds. The number of ether oxygens (including phenoxy) is 1. The van der Waals surface area contributed by atoms with Gasteiger partial charge in [-0.25, -0.2) is 8.42 Å². The van der Waals surface area contributed by atoms with Crippen molar-refractivity contribution in [2.24, 2.45) is 0 Å². The average Bonchev–Trinajstić information content (AvgIpc) is 2.70. The van der Waals surface area contributed by atoms with Gasteiger partial charge in [-0.1, -0.05) is 19.8 Å². The first kappa shape index (κ1) is 21.8. The predicted molar refractivity (Wildman–Crippen MR) is 112 cm³/mol. The molecule has 0 spiro atoms. The monoisotopic (exact) mass is 404 g/mol. The van der Waals surface area contributed by atoms with Crippen LogP contribution in [0.1, 0.15) is 42.1 Å². The predicted octanol–water partition coefficient (Wildman–Crippen LogP) is 3.75. The highest BCUT2D eigenvalue weighted by Crippen LogP contribution is 2.27. The van der Waals surface area contributed by atoms with Crippen LogP contribution in [-0.4, -0.2) is 35.0 Å². The molecule has 2 rings (SSSR count). The van der Waals surface area contributed by atoms with Crippen molar-refractivity contribution in [3.8, 4) is 5.75 Å². The van der Waals surface area contributed by atoms with Crippen LogP contribution in [0.25, 0.3) is 0 Å². The van der Waals surface area contributed by atoms with E-state index < -0.39 is 10.0 Å². The molecule has 0 saturated carbocycles. The van der Waals surface area contributed by atoms with Crippen molar-refractivity contribution in [2.45, 2.75) is 38.0 Å². The van der Waals surface area contributed by atoms with Crippen LogP contribution in [0, 0.1) is 6.92 Å². The van der Waals surface area contributed by atoms with E-state index in [4.69, 9.17) is 4.74 Å². The van der Waals surface area contributed by atoms with Crippen molar-refractivity contribution in [2.75, 3.05) is 25.0 Å². The summed E-state index contributed by atoms with van der Waals surface area (Å²) in [5, 5.41) is 2.89. The maximum Gasteiger partial charge on any atom is 0.264 e. The fourth-order valence-electron chi connectivity index (χ4n) is 2.86. The van der Waals surface area contributed by atoms with Gasteiger partial charge in [0, 0.05) is 19.2 Å². The van der Waals surface area contributed by atoms with Gasteiger partial charge in [-0.15, -0.1) is 0 Å². The quantitative estimate of drug-likeness (QED) is 0.646. The molecule has 0 aliphatic heterocycles. The number of hydrogen-bond acceptors (Lipinski definition) is 4. The van der Waals surface area contributed by atoms with E-state index in [0.29, 0.717) is 29.1 Å². The van der Waals surface area contributed by atoms with Crippen molar-refractivity contribution in [3.05, 3.63) is 53.6 Å². The standard InChI is InChI=1S/C21H28N2O4S/c1-5-6-7-14-22-21(24)17-8-13-20(16(2)15-17)23(3)28(25,26)19-11-9-18(27-4)10-12-19/h8-13,15H,5-7,14H2,1-4H3,(H,22,24). The van der Waals surface area contributed by atoms with Gasteiger partial charge >= 0.3 is 0 Å². The normalized spacial score (nSPS) is 11.1. The number of nitrogens with one attached hydrogen (secondary N) is 1. The lowest BCUT2D eigenvalue weighted by molar-refractivity contribution is 0.0953. The van der Waals surface area contributed by atoms with E-state index in [1.165, 1.54) is 30.6 Å². The topological polar surface area (TPSA) is 75.7 Å². The van der Waals surface area contributed by atoms with E-state index in [2.05, 4.69) is 12.2 Å². The number of aryl methyl sites for hydroxylation is 1. The third kappa shape index (κ3) is 5.04. The van der Waals surface area contributed by atoms with Crippen molar-refractivity contribution < 1.29 is 17.9 Å². The van der Waals surface area contributed by atoms with Crippen LogP contribution in [0.2, 0.25) is 0 Å². The number of anilines is 1. The van der Waals surface area contributed by atoms with Crippen LogP contribution < -0.4 is 14.4 Å². The molecule has 0 bridgehead atoms. The summed E-state index contributed by atoms with van der Waals surface area (Å²) in [6.45, 7) is 4.54. The van der Waals surface area contributed by atoms with E-state index in [9.17, 15) is 13.2 Å². The highest BCUT2D eigenvalue weighted by Gasteiger charge is 2.23. The summed E-state index contributed by atoms with van der Waals surface area (Å²) < 4.78 is 32.1. The molecule has 0 heterocycles. The van der Waals surface area contributed by atoms with E-state index in [1.54, 1.807) is 37.3 Å². The molecule has 152 valence electrons. The summed E-state index contributed by atoms with van der Waals surface area (Å²) in [7, 11) is -0.681. The van der Waals surface area contributed by atoms with Gasteiger partial charge in [0.1, 0.15) is 5.75 Å². The summed E-state index contributed by atoms with van der Waals surface area (Å²) in [4.78, 5) is 12.4. The Morgan fingerprint density at radius 1 is 1.11 bits per heavy atom. The molecule has 0 radical (unpaired) electrons. The van der Waals surface area contributed by atoms with Gasteiger partial charge in [0.15, 0.2) is 0 Å². The van der Waals surface area contributed by atoms with Gasteiger partial charge in [-0.3, -0.25) is 9.10 Å². The van der Waals surface area contributed by atoms with Crippen LogP contribution in [0.5, 0.6) is 5.75 Å². The molecule has 0 aromatic heterocycles. The van der Waals surface area contributed by atoms with Crippen molar-refractivity contribution in [3.63, 3.8) is 0 Å². The molecular formula is C21H28N2O4S. The highest BCUT2D eigenvalue weighted by molar-refractivity contribution is 7.92. The maximum absolute atomic E-state index is 12.9. The van der Waals surface area contributed by atoms with Crippen LogP contribution >= 0.6 is 0 Å². The van der Waals surface area contributed by atoms with Crippen LogP contribution in [0.3, 0.4) is 0 Å². The molecule has 6 nitrogen and oxygen atoms in total. The van der Waals surface area contributed by atoms with Gasteiger partial charge in [0.2, 0.25) is 0 Å². The second-order valence-corrected chi connectivity index (χ2v) is 8.58. The van der Waals surface area contributed by atoms with Crippen molar-refractivity contribution >= 4 is 21.6 Å². The molecule has 7 heteroatoms. The third-order valence-corrected chi connectivity index (χ3v) is 6.37. The smallest absolute Gasteiger partial charge is 0.264 e. The van der Waals surface area contributed by atoms with Gasteiger partial charge in [0.05, 0.1) is 17.7 Å². The number of nitrogens with zero attached hydrogens (tertiary/aromatic N) is 1. The Bertz CT molecular complexity index is 909. The maximum atomic E-state index is 12.9. The second kappa shape index (κ2) is 9.59. The molecule has 2 aromatic rings. The number of rotatable bonds is 9. The van der Waals surface area contributed by atoms with Crippen molar-refractivity contribution in [1.29, 1.82) is 0 Å². The Hall–Kier alpha value is -2.54. The van der Waals surface area contributed by atoms with Gasteiger partial charge in [-0.2, -0.15) is 0 Å². The molecule has 0 atom stereocenters. The fraction of sp³-hybridized carbons (Fsp3) is 0.381. The minimum atomic E-state index is -3.72. The number of carbonyl (C=O) groups is 1. The summed E-state index contributed by atoms with van der Waals surface area (Å²) in [5.41, 5.74) is 1.76. The van der Waals surface area contributed by atoms with Crippen LogP contribution in [0.15, 0.2) is 47.4 Å². The number of carbonyl (C=O) groups excluding carboxylic acids is 1. The van der Waals surface area contributed by atoms with Gasteiger partial charge in [0.25, 0.3) is 15.9 Å². The van der Waals surface area contributed by atoms with E-state index in [-0.39, 0.29) is 10.8 Å². The zero-order valence-electron chi connectivity index (χ0n) is 16.9. The second-order valence-electron chi connectivity index (χ2n) is 6.61. The van der Waals surface area contributed by atoms with E-state index in [0.717, 1.165) is 19.3 Å². The molecule has 0 aliphatic rings.